The highest BCUT2D eigenvalue weighted by atomic mass is 16.7. The summed E-state index contributed by atoms with van der Waals surface area (Å²) in [5.74, 6) is -0.187. The van der Waals surface area contributed by atoms with Gasteiger partial charge in [0.15, 0.2) is 6.29 Å². The first-order valence-electron chi connectivity index (χ1n) is 25.8. The van der Waals surface area contributed by atoms with Crippen molar-refractivity contribution < 1.29 is 39.8 Å². The molecule has 0 bridgehead atoms. The Kier molecular flexibility index (Phi) is 41.0. The molecule has 1 fully saturated rings. The molecule has 0 aromatic heterocycles. The molecule has 6 N–H and O–H groups in total. The summed E-state index contributed by atoms with van der Waals surface area (Å²) in [4.78, 5) is 13.0. The van der Waals surface area contributed by atoms with Crippen LogP contribution in [0, 0.1) is 0 Å². The van der Waals surface area contributed by atoms with E-state index in [2.05, 4.69) is 92.1 Å². The fraction of sp³-hybridized carbons (Fsp3) is 0.727. The van der Waals surface area contributed by atoms with E-state index in [4.69, 9.17) is 9.47 Å². The first kappa shape index (κ1) is 59.4. The predicted octanol–water partition coefficient (Wildman–Crippen LogP) is 11.9. The van der Waals surface area contributed by atoms with Crippen molar-refractivity contribution in [3.05, 3.63) is 85.1 Å². The maximum absolute atomic E-state index is 13.0. The van der Waals surface area contributed by atoms with Crippen LogP contribution in [0.5, 0.6) is 0 Å². The maximum atomic E-state index is 13.0. The van der Waals surface area contributed by atoms with Crippen molar-refractivity contribution in [3.8, 4) is 0 Å². The number of carbonyl (C=O) groups is 1. The minimum absolute atomic E-state index is 0.187. The normalized spacial score (nSPS) is 20.8. The third-order valence-corrected chi connectivity index (χ3v) is 11.7. The molecule has 1 aliphatic rings. The molecule has 1 aliphatic heterocycles. The Hall–Kier alpha value is -2.63. The molecule has 1 heterocycles. The predicted molar refractivity (Wildman–Crippen MR) is 267 cm³/mol. The average Bonchev–Trinajstić information content (AvgIpc) is 3.29. The lowest BCUT2D eigenvalue weighted by molar-refractivity contribution is -0.302. The van der Waals surface area contributed by atoms with E-state index in [0.29, 0.717) is 6.42 Å². The highest BCUT2D eigenvalue weighted by Gasteiger charge is 2.44. The fourth-order valence-corrected chi connectivity index (χ4v) is 7.63. The van der Waals surface area contributed by atoms with Crippen LogP contribution < -0.4 is 5.32 Å². The summed E-state index contributed by atoms with van der Waals surface area (Å²) in [7, 11) is 0. The van der Waals surface area contributed by atoms with Crippen LogP contribution in [0.25, 0.3) is 0 Å². The second-order valence-corrected chi connectivity index (χ2v) is 17.6. The van der Waals surface area contributed by atoms with Gasteiger partial charge in [-0.2, -0.15) is 0 Å². The van der Waals surface area contributed by atoms with Crippen molar-refractivity contribution in [2.75, 3.05) is 13.2 Å². The van der Waals surface area contributed by atoms with Crippen LogP contribution in [0.2, 0.25) is 0 Å². The second-order valence-electron chi connectivity index (χ2n) is 17.6. The highest BCUT2D eigenvalue weighted by Crippen LogP contribution is 2.23. The SMILES string of the molecule is CC/C=C\C/C=C\C/C=C\C/C=C\C/C=C\C/C=C\CCCCCCCCCCCCC(=O)NC(COC1OC(CO)C(O)C(O)C1O)C(O)/C=C/CCCCCCCCCCCC. The van der Waals surface area contributed by atoms with Crippen LogP contribution in [-0.2, 0) is 14.3 Å². The number of aliphatic hydroxyl groups is 5. The Morgan fingerprint density at radius 2 is 0.969 bits per heavy atom. The van der Waals surface area contributed by atoms with Crippen LogP contribution in [0.3, 0.4) is 0 Å². The lowest BCUT2D eigenvalue weighted by atomic mass is 9.99. The maximum Gasteiger partial charge on any atom is 0.220 e. The Balaban J connectivity index is 2.22. The van der Waals surface area contributed by atoms with Gasteiger partial charge in [0.05, 0.1) is 25.4 Å². The van der Waals surface area contributed by atoms with Crippen molar-refractivity contribution in [3.63, 3.8) is 0 Å². The first-order valence-corrected chi connectivity index (χ1v) is 25.8. The number of allylic oxidation sites excluding steroid dienone is 13. The molecule has 1 saturated heterocycles. The zero-order valence-corrected chi connectivity index (χ0v) is 40.5. The van der Waals surface area contributed by atoms with Crippen molar-refractivity contribution in [2.24, 2.45) is 0 Å². The number of amides is 1. The average molecular weight is 898 g/mol. The summed E-state index contributed by atoms with van der Waals surface area (Å²) >= 11 is 0. The van der Waals surface area contributed by atoms with E-state index < -0.39 is 49.5 Å². The smallest absolute Gasteiger partial charge is 0.220 e. The van der Waals surface area contributed by atoms with Crippen molar-refractivity contribution >= 4 is 5.91 Å². The van der Waals surface area contributed by atoms with Gasteiger partial charge in [0.2, 0.25) is 5.91 Å². The molecule has 0 aliphatic carbocycles. The van der Waals surface area contributed by atoms with Gasteiger partial charge < -0.3 is 40.3 Å². The quantitative estimate of drug-likeness (QED) is 0.0262. The summed E-state index contributed by atoms with van der Waals surface area (Å²) < 4.78 is 11.2. The number of carbonyl (C=O) groups excluding carboxylic acids is 1. The fourth-order valence-electron chi connectivity index (χ4n) is 7.63. The largest absolute Gasteiger partial charge is 0.394 e. The van der Waals surface area contributed by atoms with Gasteiger partial charge in [-0.1, -0.05) is 208 Å². The van der Waals surface area contributed by atoms with Gasteiger partial charge in [-0.15, -0.1) is 0 Å². The van der Waals surface area contributed by atoms with Crippen LogP contribution >= 0.6 is 0 Å². The standard InChI is InChI=1S/C55H95NO8/c1-3-5-7-9-11-13-15-17-18-19-20-21-22-23-24-25-26-27-28-29-30-31-32-33-35-37-39-41-43-45-51(59)56-48(47-63-55-54(62)53(61)52(60)50(46-57)64-55)49(58)44-42-40-38-36-34-16-14-12-10-8-6-4-2/h5,7,11,13,17-18,20-21,23-24,26-27,42,44,48-50,52-55,57-58,60-62H,3-4,6,8-10,12,14-16,19,22,25,28-41,43,45-47H2,1-2H3,(H,56,59)/b7-5-,13-11-,18-17-,21-20-,24-23-,27-26-,44-42+. The van der Waals surface area contributed by atoms with Crippen molar-refractivity contribution in [1.29, 1.82) is 0 Å². The zero-order chi connectivity index (χ0) is 46.6. The molecule has 1 rings (SSSR count). The zero-order valence-electron chi connectivity index (χ0n) is 40.5. The minimum Gasteiger partial charge on any atom is -0.394 e. The van der Waals surface area contributed by atoms with Gasteiger partial charge in [-0.05, 0) is 70.6 Å². The summed E-state index contributed by atoms with van der Waals surface area (Å²) in [6.45, 7) is 3.64. The number of hydrogen-bond donors (Lipinski definition) is 6. The molecule has 1 amide bonds. The van der Waals surface area contributed by atoms with Crippen LogP contribution in [0.15, 0.2) is 85.1 Å². The number of ether oxygens (including phenoxy) is 2. The molecular weight excluding hydrogens is 803 g/mol. The van der Waals surface area contributed by atoms with E-state index in [-0.39, 0.29) is 12.5 Å². The Labute approximate surface area is 391 Å². The van der Waals surface area contributed by atoms with E-state index in [1.165, 1.54) is 89.9 Å². The number of hydrogen-bond acceptors (Lipinski definition) is 8. The van der Waals surface area contributed by atoms with Crippen molar-refractivity contribution in [1.82, 2.24) is 5.32 Å². The number of aliphatic hydroxyl groups excluding tert-OH is 5. The number of rotatable bonds is 42. The van der Waals surface area contributed by atoms with Gasteiger partial charge in [0, 0.05) is 6.42 Å². The third kappa shape index (κ3) is 33.8. The highest BCUT2D eigenvalue weighted by molar-refractivity contribution is 5.76. The molecule has 9 heteroatoms. The van der Waals surface area contributed by atoms with E-state index in [9.17, 15) is 30.3 Å². The lowest BCUT2D eigenvalue weighted by Gasteiger charge is -2.40. The molecular formula is C55H95NO8. The van der Waals surface area contributed by atoms with Gasteiger partial charge in [0.1, 0.15) is 24.4 Å². The van der Waals surface area contributed by atoms with Gasteiger partial charge in [-0.3, -0.25) is 4.79 Å². The van der Waals surface area contributed by atoms with E-state index in [1.807, 2.05) is 6.08 Å². The van der Waals surface area contributed by atoms with E-state index in [1.54, 1.807) is 6.08 Å². The van der Waals surface area contributed by atoms with Gasteiger partial charge in [-0.25, -0.2) is 0 Å². The third-order valence-electron chi connectivity index (χ3n) is 11.7. The molecule has 368 valence electrons. The van der Waals surface area contributed by atoms with Crippen LogP contribution in [0.4, 0.5) is 0 Å². The van der Waals surface area contributed by atoms with Gasteiger partial charge in [0.25, 0.3) is 0 Å². The topological polar surface area (TPSA) is 149 Å². The summed E-state index contributed by atoms with van der Waals surface area (Å²) in [6, 6.07) is -0.811. The number of unbranched alkanes of at least 4 members (excludes halogenated alkanes) is 20. The monoisotopic (exact) mass is 898 g/mol. The molecule has 0 spiro atoms. The molecule has 64 heavy (non-hydrogen) atoms. The summed E-state index contributed by atoms with van der Waals surface area (Å²) in [5.41, 5.74) is 0. The van der Waals surface area contributed by atoms with Gasteiger partial charge >= 0.3 is 0 Å². The molecule has 0 radical (unpaired) electrons. The lowest BCUT2D eigenvalue weighted by Crippen LogP contribution is -2.60. The summed E-state index contributed by atoms with van der Waals surface area (Å²) in [6.07, 6.45) is 54.9. The van der Waals surface area contributed by atoms with E-state index in [0.717, 1.165) is 89.9 Å². The van der Waals surface area contributed by atoms with Crippen LogP contribution in [-0.4, -0.2) is 87.5 Å². The van der Waals surface area contributed by atoms with E-state index >= 15 is 0 Å². The number of nitrogens with one attached hydrogen (secondary N) is 1. The molecule has 0 saturated carbocycles. The Morgan fingerprint density at radius 1 is 0.547 bits per heavy atom. The molecule has 9 nitrogen and oxygen atoms in total. The molecule has 7 unspecified atom stereocenters. The summed E-state index contributed by atoms with van der Waals surface area (Å²) in [5, 5.41) is 54.3. The first-order chi connectivity index (χ1) is 31.3. The van der Waals surface area contributed by atoms with Crippen molar-refractivity contribution in [2.45, 2.75) is 243 Å². The molecule has 0 aromatic carbocycles. The minimum atomic E-state index is -1.57. The Bertz CT molecular complexity index is 1270. The Morgan fingerprint density at radius 3 is 1.44 bits per heavy atom. The second kappa shape index (κ2) is 44.2. The molecule has 7 atom stereocenters. The molecule has 0 aromatic rings. The van der Waals surface area contributed by atoms with Crippen LogP contribution in [0.1, 0.15) is 200 Å².